The highest BCUT2D eigenvalue weighted by molar-refractivity contribution is 7.09. The third-order valence-corrected chi connectivity index (χ3v) is 3.29. The molecule has 88 valence electrons. The summed E-state index contributed by atoms with van der Waals surface area (Å²) in [6.45, 7) is 2.97. The Morgan fingerprint density at radius 2 is 2.12 bits per heavy atom. The third kappa shape index (κ3) is 3.47. The molecule has 1 heterocycles. The van der Waals surface area contributed by atoms with Gasteiger partial charge in [-0.05, 0) is 6.92 Å². The van der Waals surface area contributed by atoms with Gasteiger partial charge in [0.05, 0.1) is 6.54 Å². The monoisotopic (exact) mass is 246 g/mol. The summed E-state index contributed by atoms with van der Waals surface area (Å²) < 4.78 is 0. The molecule has 0 aliphatic rings. The minimum atomic E-state index is 0.110. The molecule has 0 saturated carbocycles. The summed E-state index contributed by atoms with van der Waals surface area (Å²) in [5.74, 6) is 0.110. The lowest BCUT2D eigenvalue weighted by Gasteiger charge is -2.02. The zero-order chi connectivity index (χ0) is 12.1. The molecule has 2 rings (SSSR count). The molecule has 1 N–H and O–H groups in total. The minimum absolute atomic E-state index is 0.110. The molecule has 17 heavy (non-hydrogen) atoms. The quantitative estimate of drug-likeness (QED) is 0.824. The number of aryl methyl sites for hydroxylation is 1. The van der Waals surface area contributed by atoms with Crippen molar-refractivity contribution in [3.05, 3.63) is 52.0 Å². The highest BCUT2D eigenvalue weighted by atomic mass is 32.1. The lowest BCUT2D eigenvalue weighted by Crippen LogP contribution is -2.22. The van der Waals surface area contributed by atoms with Crippen LogP contribution in [0.15, 0.2) is 35.7 Å². The molecule has 0 bridgehead atoms. The number of Topliss-reactive ketones (excluding diaryl/α,β-unsaturated/α-hetero) is 1. The number of carbonyl (C=O) groups is 1. The van der Waals surface area contributed by atoms with E-state index in [0.717, 1.165) is 16.3 Å². The van der Waals surface area contributed by atoms with E-state index in [1.165, 1.54) is 0 Å². The second kappa shape index (κ2) is 5.70. The molecule has 0 unspecified atom stereocenters. The summed E-state index contributed by atoms with van der Waals surface area (Å²) in [4.78, 5) is 16.1. The average molecular weight is 246 g/mol. The van der Waals surface area contributed by atoms with Gasteiger partial charge in [0.1, 0.15) is 5.01 Å². The SMILES string of the molecule is Cc1csc(CNCC(=O)c2ccccc2)n1. The average Bonchev–Trinajstić information content (AvgIpc) is 2.76. The molecule has 1 aromatic carbocycles. The number of nitrogens with one attached hydrogen (secondary N) is 1. The van der Waals surface area contributed by atoms with Crippen LogP contribution in [0.4, 0.5) is 0 Å². The number of benzene rings is 1. The Kier molecular flexibility index (Phi) is 4.01. The van der Waals surface area contributed by atoms with Crippen LogP contribution in [-0.2, 0) is 6.54 Å². The largest absolute Gasteiger partial charge is 0.303 e. The molecule has 0 amide bonds. The van der Waals surface area contributed by atoms with Gasteiger partial charge >= 0.3 is 0 Å². The van der Waals surface area contributed by atoms with Crippen molar-refractivity contribution < 1.29 is 4.79 Å². The molecular weight excluding hydrogens is 232 g/mol. The number of hydrogen-bond donors (Lipinski definition) is 1. The van der Waals surface area contributed by atoms with Gasteiger partial charge in [-0.3, -0.25) is 4.79 Å². The maximum atomic E-state index is 11.8. The highest BCUT2D eigenvalue weighted by Gasteiger charge is 2.04. The Morgan fingerprint density at radius 1 is 1.35 bits per heavy atom. The van der Waals surface area contributed by atoms with E-state index in [1.54, 1.807) is 11.3 Å². The van der Waals surface area contributed by atoms with Crippen molar-refractivity contribution in [3.63, 3.8) is 0 Å². The van der Waals surface area contributed by atoms with Gasteiger partial charge in [0.25, 0.3) is 0 Å². The standard InChI is InChI=1S/C13H14N2OS/c1-10-9-17-13(15-10)8-14-7-12(16)11-5-3-2-4-6-11/h2-6,9,14H,7-8H2,1H3. The van der Waals surface area contributed by atoms with Crippen molar-refractivity contribution in [1.29, 1.82) is 0 Å². The number of hydrogen-bond acceptors (Lipinski definition) is 4. The molecule has 3 nitrogen and oxygen atoms in total. The first kappa shape index (κ1) is 12.0. The van der Waals surface area contributed by atoms with Gasteiger partial charge in [0.15, 0.2) is 5.78 Å². The van der Waals surface area contributed by atoms with Crippen molar-refractivity contribution >= 4 is 17.1 Å². The van der Waals surface area contributed by atoms with Crippen LogP contribution in [0.2, 0.25) is 0 Å². The molecule has 0 fully saturated rings. The summed E-state index contributed by atoms with van der Waals surface area (Å²) in [7, 11) is 0. The Labute approximate surface area is 105 Å². The van der Waals surface area contributed by atoms with E-state index in [1.807, 2.05) is 42.6 Å². The summed E-state index contributed by atoms with van der Waals surface area (Å²) >= 11 is 1.61. The van der Waals surface area contributed by atoms with Gasteiger partial charge < -0.3 is 5.32 Å². The molecule has 0 saturated heterocycles. The van der Waals surface area contributed by atoms with Gasteiger partial charge in [-0.25, -0.2) is 4.98 Å². The van der Waals surface area contributed by atoms with Crippen LogP contribution in [0.25, 0.3) is 0 Å². The molecule has 0 spiro atoms. The van der Waals surface area contributed by atoms with E-state index in [2.05, 4.69) is 10.3 Å². The van der Waals surface area contributed by atoms with Gasteiger partial charge in [0, 0.05) is 23.2 Å². The van der Waals surface area contributed by atoms with Crippen LogP contribution in [0.3, 0.4) is 0 Å². The Balaban J connectivity index is 1.81. The molecule has 0 aliphatic heterocycles. The Morgan fingerprint density at radius 3 is 2.76 bits per heavy atom. The normalized spacial score (nSPS) is 10.4. The van der Waals surface area contributed by atoms with Gasteiger partial charge in [-0.15, -0.1) is 11.3 Å². The summed E-state index contributed by atoms with van der Waals surface area (Å²) in [6, 6.07) is 9.31. The first-order valence-corrected chi connectivity index (χ1v) is 6.33. The number of aromatic nitrogens is 1. The van der Waals surface area contributed by atoms with E-state index in [4.69, 9.17) is 0 Å². The first-order chi connectivity index (χ1) is 8.25. The second-order valence-electron chi connectivity index (χ2n) is 3.78. The minimum Gasteiger partial charge on any atom is -0.303 e. The van der Waals surface area contributed by atoms with Gasteiger partial charge in [0.2, 0.25) is 0 Å². The lowest BCUT2D eigenvalue weighted by molar-refractivity contribution is 0.0991. The van der Waals surface area contributed by atoms with E-state index >= 15 is 0 Å². The van der Waals surface area contributed by atoms with Crippen molar-refractivity contribution in [2.24, 2.45) is 0 Å². The summed E-state index contributed by atoms with van der Waals surface area (Å²) in [6.07, 6.45) is 0. The van der Waals surface area contributed by atoms with Crippen molar-refractivity contribution in [2.45, 2.75) is 13.5 Å². The second-order valence-corrected chi connectivity index (χ2v) is 4.72. The van der Waals surface area contributed by atoms with E-state index < -0.39 is 0 Å². The Hall–Kier alpha value is -1.52. The van der Waals surface area contributed by atoms with Crippen LogP contribution in [0, 0.1) is 6.92 Å². The topological polar surface area (TPSA) is 42.0 Å². The van der Waals surface area contributed by atoms with Gasteiger partial charge in [-0.2, -0.15) is 0 Å². The molecule has 4 heteroatoms. The van der Waals surface area contributed by atoms with Crippen LogP contribution in [-0.4, -0.2) is 17.3 Å². The smallest absolute Gasteiger partial charge is 0.176 e. The molecule has 0 radical (unpaired) electrons. The maximum absolute atomic E-state index is 11.8. The van der Waals surface area contributed by atoms with E-state index in [0.29, 0.717) is 13.1 Å². The van der Waals surface area contributed by atoms with Crippen molar-refractivity contribution in [2.75, 3.05) is 6.54 Å². The van der Waals surface area contributed by atoms with Crippen molar-refractivity contribution in [3.8, 4) is 0 Å². The zero-order valence-corrected chi connectivity index (χ0v) is 10.5. The zero-order valence-electron chi connectivity index (χ0n) is 9.64. The molecule has 2 aromatic rings. The molecule has 0 aliphatic carbocycles. The van der Waals surface area contributed by atoms with Gasteiger partial charge in [-0.1, -0.05) is 30.3 Å². The fraction of sp³-hybridized carbons (Fsp3) is 0.231. The number of ketones is 1. The Bertz CT molecular complexity index is 493. The highest BCUT2D eigenvalue weighted by Crippen LogP contribution is 2.07. The third-order valence-electron chi connectivity index (χ3n) is 2.32. The van der Waals surface area contributed by atoms with Crippen LogP contribution in [0.5, 0.6) is 0 Å². The predicted molar refractivity (Wildman–Crippen MR) is 69.3 cm³/mol. The predicted octanol–water partition coefficient (Wildman–Crippen LogP) is 2.42. The number of thiazole rings is 1. The van der Waals surface area contributed by atoms with E-state index in [9.17, 15) is 4.79 Å². The maximum Gasteiger partial charge on any atom is 0.176 e. The van der Waals surface area contributed by atoms with Crippen LogP contribution in [0.1, 0.15) is 21.1 Å². The lowest BCUT2D eigenvalue weighted by atomic mass is 10.1. The number of rotatable bonds is 5. The van der Waals surface area contributed by atoms with Crippen LogP contribution < -0.4 is 5.32 Å². The summed E-state index contributed by atoms with van der Waals surface area (Å²) in [5, 5.41) is 6.14. The molecule has 1 aromatic heterocycles. The first-order valence-electron chi connectivity index (χ1n) is 5.45. The number of carbonyl (C=O) groups excluding carboxylic acids is 1. The van der Waals surface area contributed by atoms with E-state index in [-0.39, 0.29) is 5.78 Å². The van der Waals surface area contributed by atoms with Crippen molar-refractivity contribution in [1.82, 2.24) is 10.3 Å². The van der Waals surface area contributed by atoms with Crippen LogP contribution >= 0.6 is 11.3 Å². The molecule has 0 atom stereocenters. The summed E-state index contributed by atoms with van der Waals surface area (Å²) in [5.41, 5.74) is 1.77. The fourth-order valence-electron chi connectivity index (χ4n) is 1.49. The molecular formula is C13H14N2OS. The fourth-order valence-corrected chi connectivity index (χ4v) is 2.23. The number of nitrogens with zero attached hydrogens (tertiary/aromatic N) is 1.